The van der Waals surface area contributed by atoms with E-state index in [2.05, 4.69) is 17.2 Å². The average Bonchev–Trinajstić information content (AvgIpc) is 2.68. The molecule has 1 unspecified atom stereocenters. The van der Waals surface area contributed by atoms with Gasteiger partial charge in [0.15, 0.2) is 0 Å². The molecule has 1 aliphatic heterocycles. The van der Waals surface area contributed by atoms with Crippen molar-refractivity contribution in [3.8, 4) is 0 Å². The number of hydrogen-bond acceptors (Lipinski definition) is 3. The largest absolute Gasteiger partial charge is 0.316 e. The van der Waals surface area contributed by atoms with E-state index in [0.717, 1.165) is 25.1 Å². The molecular weight excluding hydrogens is 188 g/mol. The fourth-order valence-corrected chi connectivity index (χ4v) is 1.95. The van der Waals surface area contributed by atoms with E-state index in [0.29, 0.717) is 12.2 Å². The smallest absolute Gasteiger partial charge is 0.144 e. The Morgan fingerprint density at radius 1 is 1.53 bits per heavy atom. The van der Waals surface area contributed by atoms with Crippen LogP contribution in [-0.2, 0) is 11.2 Å². The van der Waals surface area contributed by atoms with E-state index in [9.17, 15) is 4.79 Å². The average molecular weight is 204 g/mol. The van der Waals surface area contributed by atoms with E-state index in [1.165, 1.54) is 0 Å². The van der Waals surface area contributed by atoms with Crippen LogP contribution < -0.4 is 5.32 Å². The van der Waals surface area contributed by atoms with Crippen LogP contribution in [0.15, 0.2) is 24.5 Å². The molecule has 1 atom stereocenters. The lowest BCUT2D eigenvalue weighted by Crippen LogP contribution is -2.31. The van der Waals surface area contributed by atoms with Crippen molar-refractivity contribution in [1.29, 1.82) is 0 Å². The minimum Gasteiger partial charge on any atom is -0.316 e. The molecule has 1 aliphatic rings. The van der Waals surface area contributed by atoms with Gasteiger partial charge in [-0.25, -0.2) is 0 Å². The Kier molecular flexibility index (Phi) is 2.82. The third-order valence-corrected chi connectivity index (χ3v) is 3.16. The van der Waals surface area contributed by atoms with Gasteiger partial charge in [0.1, 0.15) is 5.78 Å². The van der Waals surface area contributed by atoms with Crippen LogP contribution in [0.4, 0.5) is 0 Å². The van der Waals surface area contributed by atoms with Gasteiger partial charge in [0.2, 0.25) is 0 Å². The maximum Gasteiger partial charge on any atom is 0.144 e. The van der Waals surface area contributed by atoms with Gasteiger partial charge in [0, 0.05) is 30.8 Å². The SMILES string of the molecule is CC1(C(=O)Cc2ccncc2)CCNC1. The van der Waals surface area contributed by atoms with Crippen molar-refractivity contribution in [3.05, 3.63) is 30.1 Å². The molecule has 0 bridgehead atoms. The van der Waals surface area contributed by atoms with Gasteiger partial charge in [-0.2, -0.15) is 0 Å². The van der Waals surface area contributed by atoms with Crippen LogP contribution >= 0.6 is 0 Å². The zero-order chi connectivity index (χ0) is 10.7. The summed E-state index contributed by atoms with van der Waals surface area (Å²) in [5.74, 6) is 0.332. The lowest BCUT2D eigenvalue weighted by atomic mass is 9.82. The monoisotopic (exact) mass is 204 g/mol. The molecule has 1 aromatic heterocycles. The van der Waals surface area contributed by atoms with Gasteiger partial charge in [-0.3, -0.25) is 9.78 Å². The van der Waals surface area contributed by atoms with Crippen LogP contribution in [0.2, 0.25) is 0 Å². The predicted octanol–water partition coefficient (Wildman–Crippen LogP) is 1.19. The van der Waals surface area contributed by atoms with Crippen LogP contribution in [0, 0.1) is 5.41 Å². The number of aromatic nitrogens is 1. The van der Waals surface area contributed by atoms with Crippen molar-refractivity contribution >= 4 is 5.78 Å². The zero-order valence-electron chi connectivity index (χ0n) is 8.99. The standard InChI is InChI=1S/C12H16N2O/c1-12(4-7-14-9-12)11(15)8-10-2-5-13-6-3-10/h2-3,5-6,14H,4,7-9H2,1H3. The molecule has 2 rings (SSSR count). The summed E-state index contributed by atoms with van der Waals surface area (Å²) in [7, 11) is 0. The van der Waals surface area contributed by atoms with Gasteiger partial charge in [-0.1, -0.05) is 6.92 Å². The first-order valence-electron chi connectivity index (χ1n) is 5.34. The van der Waals surface area contributed by atoms with E-state index in [1.807, 2.05) is 12.1 Å². The maximum absolute atomic E-state index is 12.1. The van der Waals surface area contributed by atoms with Gasteiger partial charge in [-0.05, 0) is 30.7 Å². The number of ketones is 1. The summed E-state index contributed by atoms with van der Waals surface area (Å²) in [6.45, 7) is 3.83. The van der Waals surface area contributed by atoms with Crippen LogP contribution in [-0.4, -0.2) is 23.9 Å². The molecule has 0 saturated carbocycles. The second kappa shape index (κ2) is 4.11. The van der Waals surface area contributed by atoms with Crippen molar-refractivity contribution < 1.29 is 4.79 Å². The number of carbonyl (C=O) groups is 1. The molecule has 2 heterocycles. The number of nitrogens with one attached hydrogen (secondary N) is 1. The summed E-state index contributed by atoms with van der Waals surface area (Å²) in [6, 6.07) is 3.81. The fraction of sp³-hybridized carbons (Fsp3) is 0.500. The molecule has 0 spiro atoms. The summed E-state index contributed by atoms with van der Waals surface area (Å²) in [5, 5.41) is 3.25. The van der Waals surface area contributed by atoms with E-state index < -0.39 is 0 Å². The van der Waals surface area contributed by atoms with Crippen LogP contribution in [0.1, 0.15) is 18.9 Å². The molecule has 1 fully saturated rings. The van der Waals surface area contributed by atoms with Gasteiger partial charge >= 0.3 is 0 Å². The molecule has 1 N–H and O–H groups in total. The zero-order valence-corrected chi connectivity index (χ0v) is 8.99. The van der Waals surface area contributed by atoms with Crippen molar-refractivity contribution in [2.45, 2.75) is 19.8 Å². The molecule has 1 saturated heterocycles. The Morgan fingerprint density at radius 2 is 2.27 bits per heavy atom. The summed E-state index contributed by atoms with van der Waals surface area (Å²) >= 11 is 0. The first kappa shape index (κ1) is 10.3. The van der Waals surface area contributed by atoms with Crippen LogP contribution in [0.25, 0.3) is 0 Å². The third kappa shape index (κ3) is 2.23. The normalized spacial score (nSPS) is 25.4. The highest BCUT2D eigenvalue weighted by Gasteiger charge is 2.35. The molecule has 80 valence electrons. The summed E-state index contributed by atoms with van der Waals surface area (Å²) in [5.41, 5.74) is 0.895. The van der Waals surface area contributed by atoms with Gasteiger partial charge < -0.3 is 5.32 Å². The molecule has 0 amide bonds. The molecule has 0 radical (unpaired) electrons. The topological polar surface area (TPSA) is 42.0 Å². The Morgan fingerprint density at radius 3 is 2.87 bits per heavy atom. The quantitative estimate of drug-likeness (QED) is 0.804. The highest BCUT2D eigenvalue weighted by molar-refractivity contribution is 5.87. The molecule has 15 heavy (non-hydrogen) atoms. The van der Waals surface area contributed by atoms with E-state index >= 15 is 0 Å². The summed E-state index contributed by atoms with van der Waals surface area (Å²) in [6.07, 6.45) is 4.95. The molecular formula is C12H16N2O. The molecule has 0 aliphatic carbocycles. The fourth-order valence-electron chi connectivity index (χ4n) is 1.95. The minimum atomic E-state index is -0.163. The van der Waals surface area contributed by atoms with E-state index in [1.54, 1.807) is 12.4 Å². The molecule has 0 aromatic carbocycles. The maximum atomic E-state index is 12.1. The van der Waals surface area contributed by atoms with E-state index in [-0.39, 0.29) is 5.41 Å². The van der Waals surface area contributed by atoms with Crippen molar-refractivity contribution in [3.63, 3.8) is 0 Å². The second-order valence-corrected chi connectivity index (χ2v) is 4.44. The lowest BCUT2D eigenvalue weighted by molar-refractivity contribution is -0.126. The van der Waals surface area contributed by atoms with Gasteiger partial charge in [-0.15, -0.1) is 0 Å². The number of carbonyl (C=O) groups excluding carboxylic acids is 1. The van der Waals surface area contributed by atoms with E-state index in [4.69, 9.17) is 0 Å². The van der Waals surface area contributed by atoms with Gasteiger partial charge in [0.05, 0.1) is 0 Å². The Labute approximate surface area is 89.9 Å². The summed E-state index contributed by atoms with van der Waals surface area (Å²) < 4.78 is 0. The minimum absolute atomic E-state index is 0.163. The Balaban J connectivity index is 2.04. The van der Waals surface area contributed by atoms with Crippen molar-refractivity contribution in [2.24, 2.45) is 5.41 Å². The van der Waals surface area contributed by atoms with Crippen molar-refractivity contribution in [1.82, 2.24) is 10.3 Å². The number of pyridine rings is 1. The Hall–Kier alpha value is -1.22. The Bertz CT molecular complexity index is 342. The third-order valence-electron chi connectivity index (χ3n) is 3.16. The highest BCUT2D eigenvalue weighted by atomic mass is 16.1. The first-order valence-corrected chi connectivity index (χ1v) is 5.34. The second-order valence-electron chi connectivity index (χ2n) is 4.44. The molecule has 3 heteroatoms. The highest BCUT2D eigenvalue weighted by Crippen LogP contribution is 2.26. The number of hydrogen-bond donors (Lipinski definition) is 1. The summed E-state index contributed by atoms with van der Waals surface area (Å²) in [4.78, 5) is 16.0. The van der Waals surface area contributed by atoms with Gasteiger partial charge in [0.25, 0.3) is 0 Å². The number of rotatable bonds is 3. The molecule has 3 nitrogen and oxygen atoms in total. The lowest BCUT2D eigenvalue weighted by Gasteiger charge is -2.20. The first-order chi connectivity index (χ1) is 7.21. The van der Waals surface area contributed by atoms with Crippen LogP contribution in [0.3, 0.4) is 0 Å². The van der Waals surface area contributed by atoms with Crippen LogP contribution in [0.5, 0.6) is 0 Å². The molecule has 1 aromatic rings. The van der Waals surface area contributed by atoms with Crippen molar-refractivity contribution in [2.75, 3.05) is 13.1 Å². The predicted molar refractivity (Wildman–Crippen MR) is 58.5 cm³/mol. The number of Topliss-reactive ketones (excluding diaryl/α,β-unsaturated/α-hetero) is 1. The number of nitrogens with zero attached hydrogens (tertiary/aromatic N) is 1.